The number of para-hydroxylation sites is 2. The van der Waals surface area contributed by atoms with Crippen LogP contribution in [0.5, 0.6) is 17.2 Å². The van der Waals surface area contributed by atoms with Crippen LogP contribution < -0.4 is 19.5 Å². The van der Waals surface area contributed by atoms with Gasteiger partial charge in [-0.2, -0.15) is 0 Å². The topological polar surface area (TPSA) is 77.1 Å². The number of rotatable bonds is 8. The van der Waals surface area contributed by atoms with Gasteiger partial charge in [-0.3, -0.25) is 9.59 Å². The van der Waals surface area contributed by atoms with Crippen molar-refractivity contribution in [2.24, 2.45) is 0 Å². The van der Waals surface area contributed by atoms with Gasteiger partial charge in [0.15, 0.2) is 17.6 Å². The molecule has 4 rings (SSSR count). The number of carbonyl (C=O) groups is 2. The van der Waals surface area contributed by atoms with Gasteiger partial charge in [-0.1, -0.05) is 48.5 Å². The number of hydrogen-bond donors (Lipinski definition) is 1. The highest BCUT2D eigenvalue weighted by Crippen LogP contribution is 2.31. The quantitative estimate of drug-likeness (QED) is 0.566. The van der Waals surface area contributed by atoms with E-state index in [-0.39, 0.29) is 18.2 Å². The van der Waals surface area contributed by atoms with Crippen molar-refractivity contribution >= 4 is 17.5 Å². The van der Waals surface area contributed by atoms with E-state index in [1.807, 2.05) is 60.7 Å². The van der Waals surface area contributed by atoms with E-state index in [0.717, 1.165) is 11.1 Å². The summed E-state index contributed by atoms with van der Waals surface area (Å²) in [7, 11) is 3.28. The second-order valence-electron chi connectivity index (χ2n) is 7.81. The summed E-state index contributed by atoms with van der Waals surface area (Å²) in [5.41, 5.74) is 2.56. The number of hydrogen-bond acceptors (Lipinski definition) is 5. The van der Waals surface area contributed by atoms with Crippen LogP contribution in [0.1, 0.15) is 17.5 Å². The van der Waals surface area contributed by atoms with Gasteiger partial charge >= 0.3 is 0 Å². The number of anilines is 1. The second-order valence-corrected chi connectivity index (χ2v) is 7.81. The molecule has 0 saturated carbocycles. The zero-order chi connectivity index (χ0) is 23.2. The number of fused-ring (bicyclic) bond motifs is 1. The summed E-state index contributed by atoms with van der Waals surface area (Å²) in [6.45, 7) is 0.792. The summed E-state index contributed by atoms with van der Waals surface area (Å²) >= 11 is 0. The van der Waals surface area contributed by atoms with Crippen molar-refractivity contribution in [2.45, 2.75) is 25.7 Å². The Hall–Kier alpha value is -4.00. The lowest BCUT2D eigenvalue weighted by atomic mass is 10.1. The van der Waals surface area contributed by atoms with Gasteiger partial charge in [-0.15, -0.1) is 0 Å². The average molecular weight is 447 g/mol. The first-order valence-corrected chi connectivity index (χ1v) is 10.7. The maximum Gasteiger partial charge on any atom is 0.266 e. The lowest BCUT2D eigenvalue weighted by molar-refractivity contribution is -0.136. The fourth-order valence-corrected chi connectivity index (χ4v) is 3.57. The number of carbonyl (C=O) groups excluding carboxylic acids is 2. The molecule has 3 aromatic rings. The van der Waals surface area contributed by atoms with Crippen LogP contribution in [0.3, 0.4) is 0 Å². The van der Waals surface area contributed by atoms with Gasteiger partial charge in [0.25, 0.3) is 5.91 Å². The van der Waals surface area contributed by atoms with E-state index in [2.05, 4.69) is 5.32 Å². The van der Waals surface area contributed by atoms with Crippen molar-refractivity contribution in [3.05, 3.63) is 83.9 Å². The van der Waals surface area contributed by atoms with E-state index in [1.165, 1.54) is 0 Å². The zero-order valence-electron chi connectivity index (χ0n) is 18.6. The molecule has 0 saturated heterocycles. The third kappa shape index (κ3) is 5.44. The van der Waals surface area contributed by atoms with Gasteiger partial charge in [0.05, 0.1) is 19.2 Å². The standard InChI is InChI=1S/C26H26N2O5/c1-28(25(29)15-24-26(30)27-20-10-6-7-11-21(20)33-24)16-19-12-13-22(23(14-19)31-2)32-17-18-8-4-3-5-9-18/h3-14,24H,15-17H2,1-2H3,(H,27,30). The molecule has 170 valence electrons. The van der Waals surface area contributed by atoms with Crippen LogP contribution in [0.25, 0.3) is 0 Å². The summed E-state index contributed by atoms with van der Waals surface area (Å²) in [5.74, 6) is 1.27. The van der Waals surface area contributed by atoms with Crippen LogP contribution >= 0.6 is 0 Å². The Morgan fingerprint density at radius 3 is 2.55 bits per heavy atom. The highest BCUT2D eigenvalue weighted by molar-refractivity contribution is 5.99. The number of methoxy groups -OCH3 is 1. The molecular weight excluding hydrogens is 420 g/mol. The largest absolute Gasteiger partial charge is 0.493 e. The van der Waals surface area contributed by atoms with Gasteiger partial charge in [0.2, 0.25) is 5.91 Å². The molecule has 0 aliphatic carbocycles. The van der Waals surface area contributed by atoms with Crippen molar-refractivity contribution in [2.75, 3.05) is 19.5 Å². The summed E-state index contributed by atoms with van der Waals surface area (Å²) in [5, 5.41) is 2.78. The summed E-state index contributed by atoms with van der Waals surface area (Å²) in [6.07, 6.45) is -0.912. The maximum atomic E-state index is 12.8. The van der Waals surface area contributed by atoms with Gasteiger partial charge in [-0.25, -0.2) is 0 Å². The normalized spacial score (nSPS) is 14.5. The van der Waals surface area contributed by atoms with E-state index >= 15 is 0 Å². The predicted octanol–water partition coefficient (Wildman–Crippen LogP) is 4.02. The van der Waals surface area contributed by atoms with E-state index in [1.54, 1.807) is 31.2 Å². The van der Waals surface area contributed by atoms with Gasteiger partial charge < -0.3 is 24.4 Å². The lowest BCUT2D eigenvalue weighted by Gasteiger charge is -2.27. The van der Waals surface area contributed by atoms with Crippen LogP contribution in [0.2, 0.25) is 0 Å². The summed E-state index contributed by atoms with van der Waals surface area (Å²) in [6, 6.07) is 22.6. The molecule has 1 heterocycles. The first-order valence-electron chi connectivity index (χ1n) is 10.7. The summed E-state index contributed by atoms with van der Waals surface area (Å²) < 4.78 is 17.1. The van der Waals surface area contributed by atoms with Crippen LogP contribution in [0.4, 0.5) is 5.69 Å². The molecule has 7 heteroatoms. The Morgan fingerprint density at radius 2 is 1.76 bits per heavy atom. The molecule has 7 nitrogen and oxygen atoms in total. The fraction of sp³-hybridized carbons (Fsp3) is 0.231. The van der Waals surface area contributed by atoms with E-state index < -0.39 is 6.10 Å². The molecule has 33 heavy (non-hydrogen) atoms. The molecule has 0 bridgehead atoms. The van der Waals surface area contributed by atoms with Crippen molar-refractivity contribution in [3.63, 3.8) is 0 Å². The molecule has 1 atom stereocenters. The first kappa shape index (κ1) is 22.2. The number of benzene rings is 3. The average Bonchev–Trinajstić information content (AvgIpc) is 2.84. The van der Waals surface area contributed by atoms with Crippen LogP contribution in [-0.4, -0.2) is 37.0 Å². The number of ether oxygens (including phenoxy) is 3. The lowest BCUT2D eigenvalue weighted by Crippen LogP contribution is -2.41. The third-order valence-corrected chi connectivity index (χ3v) is 5.38. The van der Waals surface area contributed by atoms with Crippen LogP contribution in [0, 0.1) is 0 Å². The molecule has 1 aliphatic heterocycles. The molecule has 1 N–H and O–H groups in total. The van der Waals surface area contributed by atoms with Crippen molar-refractivity contribution < 1.29 is 23.8 Å². The van der Waals surface area contributed by atoms with Gasteiger partial charge in [0, 0.05) is 13.6 Å². The monoisotopic (exact) mass is 446 g/mol. The Labute approximate surface area is 192 Å². The smallest absolute Gasteiger partial charge is 0.266 e. The molecule has 1 aliphatic rings. The number of nitrogens with one attached hydrogen (secondary N) is 1. The summed E-state index contributed by atoms with van der Waals surface area (Å²) in [4.78, 5) is 26.7. The molecule has 1 unspecified atom stereocenters. The minimum Gasteiger partial charge on any atom is -0.493 e. The van der Waals surface area contributed by atoms with Crippen molar-refractivity contribution in [3.8, 4) is 17.2 Å². The molecule has 3 aromatic carbocycles. The zero-order valence-corrected chi connectivity index (χ0v) is 18.6. The van der Waals surface area contributed by atoms with E-state index in [0.29, 0.717) is 36.1 Å². The van der Waals surface area contributed by atoms with Gasteiger partial charge in [-0.05, 0) is 35.4 Å². The molecule has 0 aromatic heterocycles. The van der Waals surface area contributed by atoms with Crippen molar-refractivity contribution in [1.29, 1.82) is 0 Å². The van der Waals surface area contributed by atoms with Crippen LogP contribution in [-0.2, 0) is 22.7 Å². The molecular formula is C26H26N2O5. The molecule has 0 radical (unpaired) electrons. The Morgan fingerprint density at radius 1 is 1.00 bits per heavy atom. The van der Waals surface area contributed by atoms with Crippen molar-refractivity contribution in [1.82, 2.24) is 4.90 Å². The predicted molar refractivity (Wildman–Crippen MR) is 124 cm³/mol. The third-order valence-electron chi connectivity index (χ3n) is 5.38. The van der Waals surface area contributed by atoms with Gasteiger partial charge in [0.1, 0.15) is 12.4 Å². The Bertz CT molecular complexity index is 1130. The first-order chi connectivity index (χ1) is 16.0. The highest BCUT2D eigenvalue weighted by atomic mass is 16.5. The maximum absolute atomic E-state index is 12.8. The fourth-order valence-electron chi connectivity index (χ4n) is 3.57. The number of amides is 2. The number of nitrogens with zero attached hydrogens (tertiary/aromatic N) is 1. The Balaban J connectivity index is 1.36. The minimum atomic E-state index is -0.863. The minimum absolute atomic E-state index is 0.0495. The SMILES string of the molecule is COc1cc(CN(C)C(=O)CC2Oc3ccccc3NC2=O)ccc1OCc1ccccc1. The molecule has 2 amide bonds. The van der Waals surface area contributed by atoms with Crippen LogP contribution in [0.15, 0.2) is 72.8 Å². The van der Waals surface area contributed by atoms with E-state index in [9.17, 15) is 9.59 Å². The second kappa shape index (κ2) is 10.1. The van der Waals surface area contributed by atoms with E-state index in [4.69, 9.17) is 14.2 Å². The molecule has 0 fully saturated rings. The Kier molecular flexibility index (Phi) is 6.78. The molecule has 0 spiro atoms. The highest BCUT2D eigenvalue weighted by Gasteiger charge is 2.30.